The maximum absolute atomic E-state index is 13.5. The van der Waals surface area contributed by atoms with Crippen molar-refractivity contribution in [3.63, 3.8) is 0 Å². The van der Waals surface area contributed by atoms with Gasteiger partial charge in [0.25, 0.3) is 15.9 Å². The maximum Gasteiger partial charge on any atom is 0.264 e. The van der Waals surface area contributed by atoms with E-state index < -0.39 is 16.1 Å². The molecule has 168 valence electrons. The summed E-state index contributed by atoms with van der Waals surface area (Å²) in [6, 6.07) is 13.8. The lowest BCUT2D eigenvalue weighted by Gasteiger charge is -2.36. The lowest BCUT2D eigenvalue weighted by atomic mass is 9.86. The molecule has 1 N–H and O–H groups in total. The Bertz CT molecular complexity index is 1030. The van der Waals surface area contributed by atoms with Crippen LogP contribution in [0.3, 0.4) is 0 Å². The summed E-state index contributed by atoms with van der Waals surface area (Å²) >= 11 is 0. The third-order valence-corrected chi connectivity index (χ3v) is 7.22. The van der Waals surface area contributed by atoms with E-state index in [9.17, 15) is 13.2 Å². The van der Waals surface area contributed by atoms with Gasteiger partial charge in [0.2, 0.25) is 0 Å². The maximum atomic E-state index is 13.5. The average molecular weight is 445 g/mol. The Kier molecular flexibility index (Phi) is 6.65. The molecule has 1 amide bonds. The van der Waals surface area contributed by atoms with Crippen molar-refractivity contribution in [3.8, 4) is 5.75 Å². The number of nitrogens with zero attached hydrogens (tertiary/aromatic N) is 1. The van der Waals surface area contributed by atoms with Crippen LogP contribution in [-0.4, -0.2) is 33.0 Å². The van der Waals surface area contributed by atoms with Gasteiger partial charge >= 0.3 is 0 Å². The van der Waals surface area contributed by atoms with Crippen LogP contribution in [0.25, 0.3) is 0 Å². The molecule has 0 radical (unpaired) electrons. The SMILES string of the molecule is CCCC(C)NC(=O)C1CN(S(=O)(=O)c2ccccc2)c2cc(C(C)(C)C)ccc2O1. The van der Waals surface area contributed by atoms with Crippen molar-refractivity contribution in [3.05, 3.63) is 54.1 Å². The van der Waals surface area contributed by atoms with Crippen molar-refractivity contribution in [2.45, 2.75) is 69.9 Å². The van der Waals surface area contributed by atoms with Crippen LogP contribution in [0.1, 0.15) is 53.0 Å². The predicted octanol–water partition coefficient (Wildman–Crippen LogP) is 4.25. The fourth-order valence-electron chi connectivity index (χ4n) is 3.64. The summed E-state index contributed by atoms with van der Waals surface area (Å²) in [5.41, 5.74) is 1.28. The molecule has 2 aromatic rings. The van der Waals surface area contributed by atoms with Crippen molar-refractivity contribution in [1.29, 1.82) is 0 Å². The fraction of sp³-hybridized carbons (Fsp3) is 0.458. The van der Waals surface area contributed by atoms with E-state index >= 15 is 0 Å². The van der Waals surface area contributed by atoms with Crippen LogP contribution < -0.4 is 14.4 Å². The minimum absolute atomic E-state index is 0.00931. The highest BCUT2D eigenvalue weighted by Crippen LogP contribution is 2.40. The Labute approximate surface area is 185 Å². The Morgan fingerprint density at radius 1 is 1.19 bits per heavy atom. The van der Waals surface area contributed by atoms with Crippen LogP contribution in [0.4, 0.5) is 5.69 Å². The summed E-state index contributed by atoms with van der Waals surface area (Å²) < 4.78 is 34.4. The third kappa shape index (κ3) is 5.03. The normalized spacial score (nSPS) is 17.5. The molecule has 0 bridgehead atoms. The highest BCUT2D eigenvalue weighted by atomic mass is 32.2. The Balaban J connectivity index is 2.04. The third-order valence-electron chi connectivity index (χ3n) is 5.43. The molecule has 0 aromatic heterocycles. The van der Waals surface area contributed by atoms with E-state index in [0.29, 0.717) is 11.4 Å². The number of rotatable bonds is 6. The molecule has 2 atom stereocenters. The Hall–Kier alpha value is -2.54. The van der Waals surface area contributed by atoms with Crippen LogP contribution >= 0.6 is 0 Å². The summed E-state index contributed by atoms with van der Waals surface area (Å²) in [6.45, 7) is 10.1. The molecule has 1 aliphatic rings. The van der Waals surface area contributed by atoms with Crippen LogP contribution in [0, 0.1) is 0 Å². The largest absolute Gasteiger partial charge is 0.476 e. The smallest absolute Gasteiger partial charge is 0.264 e. The number of hydrogen-bond acceptors (Lipinski definition) is 4. The topological polar surface area (TPSA) is 75.7 Å². The highest BCUT2D eigenvalue weighted by molar-refractivity contribution is 7.92. The van der Waals surface area contributed by atoms with Gasteiger partial charge in [0.05, 0.1) is 17.1 Å². The van der Waals surface area contributed by atoms with Crippen molar-refractivity contribution in [2.24, 2.45) is 0 Å². The number of carbonyl (C=O) groups excluding carboxylic acids is 1. The van der Waals surface area contributed by atoms with Crippen molar-refractivity contribution < 1.29 is 17.9 Å². The van der Waals surface area contributed by atoms with Crippen molar-refractivity contribution in [1.82, 2.24) is 5.32 Å². The van der Waals surface area contributed by atoms with Crippen LogP contribution in [0.5, 0.6) is 5.75 Å². The van der Waals surface area contributed by atoms with Crippen LogP contribution in [0.15, 0.2) is 53.4 Å². The second kappa shape index (κ2) is 8.91. The Morgan fingerprint density at radius 3 is 2.48 bits per heavy atom. The summed E-state index contributed by atoms with van der Waals surface area (Å²) in [5, 5.41) is 2.94. The number of carbonyl (C=O) groups is 1. The molecule has 0 saturated carbocycles. The number of anilines is 1. The zero-order valence-electron chi connectivity index (χ0n) is 18.9. The molecular formula is C24H32N2O4S. The first-order chi connectivity index (χ1) is 14.5. The second-order valence-electron chi connectivity index (χ2n) is 9.09. The van der Waals surface area contributed by atoms with Gasteiger partial charge < -0.3 is 10.1 Å². The monoisotopic (exact) mass is 444 g/mol. The highest BCUT2D eigenvalue weighted by Gasteiger charge is 2.38. The average Bonchev–Trinajstić information content (AvgIpc) is 2.72. The summed E-state index contributed by atoms with van der Waals surface area (Å²) in [7, 11) is -3.87. The van der Waals surface area contributed by atoms with Gasteiger partial charge in [-0.2, -0.15) is 0 Å². The van der Waals surface area contributed by atoms with Gasteiger partial charge in [-0.3, -0.25) is 9.10 Å². The zero-order valence-corrected chi connectivity index (χ0v) is 19.7. The molecule has 1 heterocycles. The first-order valence-electron chi connectivity index (χ1n) is 10.7. The molecule has 0 fully saturated rings. The van der Waals surface area contributed by atoms with E-state index in [1.807, 2.05) is 19.1 Å². The minimum Gasteiger partial charge on any atom is -0.476 e. The minimum atomic E-state index is -3.87. The number of fused-ring (bicyclic) bond motifs is 1. The van der Waals surface area contributed by atoms with E-state index in [-0.39, 0.29) is 28.8 Å². The number of hydrogen-bond donors (Lipinski definition) is 1. The van der Waals surface area contributed by atoms with Crippen LogP contribution in [0.2, 0.25) is 0 Å². The van der Waals surface area contributed by atoms with Gasteiger partial charge in [-0.15, -0.1) is 0 Å². The molecule has 0 saturated heterocycles. The van der Waals surface area contributed by atoms with Gasteiger partial charge in [0.15, 0.2) is 6.10 Å². The number of amides is 1. The first kappa shape index (κ1) is 23.1. The molecule has 7 heteroatoms. The molecule has 2 aromatic carbocycles. The molecule has 0 spiro atoms. The summed E-state index contributed by atoms with van der Waals surface area (Å²) in [4.78, 5) is 13.1. The van der Waals surface area contributed by atoms with E-state index in [2.05, 4.69) is 33.0 Å². The molecule has 2 unspecified atom stereocenters. The second-order valence-corrected chi connectivity index (χ2v) is 10.9. The van der Waals surface area contributed by atoms with E-state index in [0.717, 1.165) is 18.4 Å². The van der Waals surface area contributed by atoms with Crippen molar-refractivity contribution >= 4 is 21.6 Å². The standard InChI is InChI=1S/C24H32N2O4S/c1-6-10-17(2)25-23(27)22-16-26(31(28,29)19-11-8-7-9-12-19)20-15-18(24(3,4)5)13-14-21(20)30-22/h7-9,11-15,17,22H,6,10,16H2,1-5H3,(H,25,27). The molecule has 6 nitrogen and oxygen atoms in total. The van der Waals surface area contributed by atoms with Gasteiger partial charge in [0.1, 0.15) is 5.75 Å². The summed E-state index contributed by atoms with van der Waals surface area (Å²) in [5.74, 6) is 0.0850. The predicted molar refractivity (Wildman–Crippen MR) is 123 cm³/mol. The fourth-order valence-corrected chi connectivity index (χ4v) is 5.13. The van der Waals surface area contributed by atoms with Gasteiger partial charge in [-0.1, -0.05) is 58.4 Å². The van der Waals surface area contributed by atoms with Gasteiger partial charge in [0, 0.05) is 6.04 Å². The van der Waals surface area contributed by atoms with E-state index in [1.54, 1.807) is 36.4 Å². The first-order valence-corrected chi connectivity index (χ1v) is 12.2. The molecule has 0 aliphatic carbocycles. The Morgan fingerprint density at radius 2 is 1.87 bits per heavy atom. The van der Waals surface area contributed by atoms with Crippen LogP contribution in [-0.2, 0) is 20.2 Å². The number of nitrogens with one attached hydrogen (secondary N) is 1. The molecule has 31 heavy (non-hydrogen) atoms. The molecule has 3 rings (SSSR count). The number of sulfonamides is 1. The zero-order chi connectivity index (χ0) is 22.8. The van der Waals surface area contributed by atoms with E-state index in [1.165, 1.54) is 4.31 Å². The van der Waals surface area contributed by atoms with Gasteiger partial charge in [-0.05, 0) is 48.6 Å². The van der Waals surface area contributed by atoms with E-state index in [4.69, 9.17) is 4.74 Å². The molecular weight excluding hydrogens is 412 g/mol. The number of benzene rings is 2. The van der Waals surface area contributed by atoms with Crippen molar-refractivity contribution in [2.75, 3.05) is 10.8 Å². The lowest BCUT2D eigenvalue weighted by molar-refractivity contribution is -0.128. The summed E-state index contributed by atoms with van der Waals surface area (Å²) in [6.07, 6.45) is 0.862. The quantitative estimate of drug-likeness (QED) is 0.723. The van der Waals surface area contributed by atoms with Gasteiger partial charge in [-0.25, -0.2) is 8.42 Å². The molecule has 1 aliphatic heterocycles. The lowest BCUT2D eigenvalue weighted by Crippen LogP contribution is -2.52. The number of ether oxygens (including phenoxy) is 1.